The van der Waals surface area contributed by atoms with Crippen molar-refractivity contribution in [3.63, 3.8) is 0 Å². The zero-order valence-corrected chi connectivity index (χ0v) is 17.5. The summed E-state index contributed by atoms with van der Waals surface area (Å²) < 4.78 is 4.81. The lowest BCUT2D eigenvalue weighted by molar-refractivity contribution is -0.157. The molecule has 26 heavy (non-hydrogen) atoms. The van der Waals surface area contributed by atoms with Gasteiger partial charge in [0.1, 0.15) is 0 Å². The van der Waals surface area contributed by atoms with Gasteiger partial charge in [-0.05, 0) is 35.8 Å². The van der Waals surface area contributed by atoms with Crippen molar-refractivity contribution in [3.8, 4) is 0 Å². The van der Waals surface area contributed by atoms with Gasteiger partial charge in [0.2, 0.25) is 5.91 Å². The van der Waals surface area contributed by atoms with E-state index in [0.717, 1.165) is 17.7 Å². The predicted octanol–water partition coefficient (Wildman–Crippen LogP) is 4.71. The van der Waals surface area contributed by atoms with Crippen molar-refractivity contribution in [1.82, 2.24) is 4.90 Å². The summed E-state index contributed by atoms with van der Waals surface area (Å²) in [6.45, 7) is 6.86. The third kappa shape index (κ3) is 5.17. The number of carbonyl (C=O) groups is 2. The van der Waals surface area contributed by atoms with Gasteiger partial charge in [0.25, 0.3) is 0 Å². The predicted molar refractivity (Wildman–Crippen MR) is 107 cm³/mol. The van der Waals surface area contributed by atoms with E-state index in [2.05, 4.69) is 13.8 Å². The first-order chi connectivity index (χ1) is 12.3. The lowest BCUT2D eigenvalue weighted by atomic mass is 9.75. The Balaban J connectivity index is 2.24. The van der Waals surface area contributed by atoms with E-state index < -0.39 is 5.41 Å². The number of amides is 1. The second-order valence-electron chi connectivity index (χ2n) is 7.34. The van der Waals surface area contributed by atoms with Crippen molar-refractivity contribution >= 4 is 35.2 Å². The highest BCUT2D eigenvalue weighted by atomic mass is 35.5. The summed E-state index contributed by atoms with van der Waals surface area (Å²) in [5.41, 5.74) is 0.399. The number of halogens is 1. The van der Waals surface area contributed by atoms with Gasteiger partial charge in [-0.3, -0.25) is 9.59 Å². The minimum atomic E-state index is -0.696. The van der Waals surface area contributed by atoms with Gasteiger partial charge in [-0.25, -0.2) is 0 Å². The molecule has 1 saturated heterocycles. The van der Waals surface area contributed by atoms with Gasteiger partial charge in [0.05, 0.1) is 25.0 Å². The summed E-state index contributed by atoms with van der Waals surface area (Å²) >= 11 is 7.86. The van der Waals surface area contributed by atoms with Crippen LogP contribution < -0.4 is 0 Å². The SMILES string of the molecule is COC(=O)C[C@@]1(C)CCC(c2ccc(Cl)cc2)N(CCSC(C)C)C1=O. The minimum Gasteiger partial charge on any atom is -0.469 e. The quantitative estimate of drug-likeness (QED) is 0.625. The highest BCUT2D eigenvalue weighted by molar-refractivity contribution is 7.99. The van der Waals surface area contributed by atoms with Gasteiger partial charge in [-0.1, -0.05) is 44.5 Å². The lowest BCUT2D eigenvalue weighted by Crippen LogP contribution is -2.50. The number of piperidine rings is 1. The van der Waals surface area contributed by atoms with Crippen molar-refractivity contribution in [2.24, 2.45) is 5.41 Å². The van der Waals surface area contributed by atoms with E-state index in [1.54, 1.807) is 0 Å². The van der Waals surface area contributed by atoms with Crippen LogP contribution in [0.2, 0.25) is 5.02 Å². The molecule has 0 aliphatic carbocycles. The summed E-state index contributed by atoms with van der Waals surface area (Å²) in [4.78, 5) is 27.1. The first-order valence-corrected chi connectivity index (χ1v) is 10.4. The Morgan fingerprint density at radius 2 is 2.04 bits per heavy atom. The second kappa shape index (κ2) is 9.14. The number of nitrogens with zero attached hydrogens (tertiary/aromatic N) is 1. The Labute approximate surface area is 165 Å². The Morgan fingerprint density at radius 1 is 1.38 bits per heavy atom. The molecule has 2 atom stereocenters. The third-order valence-electron chi connectivity index (χ3n) is 4.92. The van der Waals surface area contributed by atoms with E-state index >= 15 is 0 Å². The number of rotatable bonds is 7. The third-order valence-corrected chi connectivity index (χ3v) is 6.26. The van der Waals surface area contributed by atoms with Crippen LogP contribution in [0.25, 0.3) is 0 Å². The van der Waals surface area contributed by atoms with Crippen molar-refractivity contribution in [2.75, 3.05) is 19.4 Å². The van der Waals surface area contributed by atoms with Gasteiger partial charge >= 0.3 is 5.97 Å². The number of esters is 1. The van der Waals surface area contributed by atoms with Crippen molar-refractivity contribution in [3.05, 3.63) is 34.9 Å². The number of ether oxygens (including phenoxy) is 1. The van der Waals surface area contributed by atoms with Gasteiger partial charge in [-0.15, -0.1) is 0 Å². The van der Waals surface area contributed by atoms with Crippen LogP contribution in [0.15, 0.2) is 24.3 Å². The van der Waals surface area contributed by atoms with Crippen LogP contribution >= 0.6 is 23.4 Å². The minimum absolute atomic E-state index is 0.0262. The summed E-state index contributed by atoms with van der Waals surface area (Å²) in [5, 5.41) is 1.21. The molecule has 1 aliphatic rings. The topological polar surface area (TPSA) is 46.6 Å². The molecule has 1 aromatic rings. The molecule has 0 spiro atoms. The molecule has 6 heteroatoms. The molecule has 1 aromatic carbocycles. The molecule has 4 nitrogen and oxygen atoms in total. The maximum atomic E-state index is 13.3. The van der Waals surface area contributed by atoms with E-state index in [0.29, 0.717) is 23.2 Å². The molecule has 0 radical (unpaired) electrons. The van der Waals surface area contributed by atoms with Crippen LogP contribution in [-0.4, -0.2) is 41.4 Å². The molecule has 0 saturated carbocycles. The number of likely N-dealkylation sites (tertiary alicyclic amines) is 1. The molecule has 1 amide bonds. The Morgan fingerprint density at radius 3 is 2.62 bits per heavy atom. The summed E-state index contributed by atoms with van der Waals surface area (Å²) in [7, 11) is 1.37. The molecular weight excluding hydrogens is 370 g/mol. The fraction of sp³-hybridized carbons (Fsp3) is 0.600. The average molecular weight is 398 g/mol. The second-order valence-corrected chi connectivity index (χ2v) is 9.46. The van der Waals surface area contributed by atoms with Crippen LogP contribution in [0.4, 0.5) is 0 Å². The standard InChI is InChI=1S/C20H28ClNO3S/c1-14(2)26-12-11-22-17(15-5-7-16(21)8-6-15)9-10-20(3,19(22)24)13-18(23)25-4/h5-8,14,17H,9-13H2,1-4H3/t17?,20-/m1/s1. The maximum Gasteiger partial charge on any atom is 0.306 e. The fourth-order valence-corrected chi connectivity index (χ4v) is 4.34. The Kier molecular flexibility index (Phi) is 7.42. The van der Waals surface area contributed by atoms with E-state index in [1.807, 2.05) is 47.9 Å². The Bertz CT molecular complexity index is 634. The van der Waals surface area contributed by atoms with Crippen LogP contribution in [0.5, 0.6) is 0 Å². The van der Waals surface area contributed by atoms with Gasteiger partial charge in [0.15, 0.2) is 0 Å². The van der Waals surface area contributed by atoms with Crippen LogP contribution in [0, 0.1) is 5.41 Å². The normalized spacial score (nSPS) is 23.4. The number of methoxy groups -OCH3 is 1. The number of hydrogen-bond donors (Lipinski definition) is 0. The zero-order valence-electron chi connectivity index (χ0n) is 16.0. The molecule has 1 aliphatic heterocycles. The molecule has 0 N–H and O–H groups in total. The number of carbonyl (C=O) groups excluding carboxylic acids is 2. The molecule has 1 heterocycles. The van der Waals surface area contributed by atoms with Crippen molar-refractivity contribution in [2.45, 2.75) is 51.3 Å². The molecule has 144 valence electrons. The largest absolute Gasteiger partial charge is 0.469 e. The Hall–Kier alpha value is -1.20. The first kappa shape index (κ1) is 21.1. The van der Waals surface area contributed by atoms with Crippen LogP contribution in [0.3, 0.4) is 0 Å². The van der Waals surface area contributed by atoms with E-state index in [1.165, 1.54) is 7.11 Å². The average Bonchev–Trinajstić information content (AvgIpc) is 2.59. The van der Waals surface area contributed by atoms with Crippen LogP contribution in [0.1, 0.15) is 51.6 Å². The van der Waals surface area contributed by atoms with Crippen LogP contribution in [-0.2, 0) is 14.3 Å². The smallest absolute Gasteiger partial charge is 0.306 e. The molecule has 1 unspecified atom stereocenters. The monoisotopic (exact) mass is 397 g/mol. The molecular formula is C20H28ClNO3S. The molecule has 2 rings (SSSR count). The molecule has 1 fully saturated rings. The van der Waals surface area contributed by atoms with Crippen molar-refractivity contribution < 1.29 is 14.3 Å². The number of thioether (sulfide) groups is 1. The van der Waals surface area contributed by atoms with Gasteiger partial charge < -0.3 is 9.64 Å². The maximum absolute atomic E-state index is 13.3. The summed E-state index contributed by atoms with van der Waals surface area (Å²) in [5.74, 6) is 0.586. The van der Waals surface area contributed by atoms with E-state index in [4.69, 9.17) is 16.3 Å². The molecule has 0 aromatic heterocycles. The molecule has 0 bridgehead atoms. The van der Waals surface area contributed by atoms with Gasteiger partial charge in [0, 0.05) is 17.3 Å². The van der Waals surface area contributed by atoms with E-state index in [-0.39, 0.29) is 24.3 Å². The number of benzene rings is 1. The highest BCUT2D eigenvalue weighted by Crippen LogP contribution is 2.43. The first-order valence-electron chi connectivity index (χ1n) is 9.02. The van der Waals surface area contributed by atoms with E-state index in [9.17, 15) is 9.59 Å². The fourth-order valence-electron chi connectivity index (χ4n) is 3.44. The lowest BCUT2D eigenvalue weighted by Gasteiger charge is -2.44. The summed E-state index contributed by atoms with van der Waals surface area (Å²) in [6, 6.07) is 7.74. The highest BCUT2D eigenvalue weighted by Gasteiger charge is 2.45. The summed E-state index contributed by atoms with van der Waals surface area (Å²) in [6.07, 6.45) is 1.62. The number of hydrogen-bond acceptors (Lipinski definition) is 4. The van der Waals surface area contributed by atoms with Gasteiger partial charge in [-0.2, -0.15) is 11.8 Å². The zero-order chi connectivity index (χ0) is 19.3. The van der Waals surface area contributed by atoms with Crippen molar-refractivity contribution in [1.29, 1.82) is 0 Å².